The molecule has 1 aliphatic heterocycles. The summed E-state index contributed by atoms with van der Waals surface area (Å²) in [7, 11) is -3.09. The molecule has 0 radical (unpaired) electrons. The second-order valence-electron chi connectivity index (χ2n) is 7.48. The number of nitrogens with zero attached hydrogens (tertiary/aromatic N) is 2. The Hall–Kier alpha value is -2.12. The molecular formula is C20H21ClN2O4S. The van der Waals surface area contributed by atoms with Crippen LogP contribution in [0.3, 0.4) is 0 Å². The fourth-order valence-electron chi connectivity index (χ4n) is 3.72. The lowest BCUT2D eigenvalue weighted by atomic mass is 10.1. The van der Waals surface area contributed by atoms with Crippen molar-refractivity contribution in [2.75, 3.05) is 11.5 Å². The minimum atomic E-state index is -3.09. The van der Waals surface area contributed by atoms with Gasteiger partial charge in [0.05, 0.1) is 23.6 Å². The molecule has 148 valence electrons. The molecule has 2 aromatic rings. The normalized spacial score (nSPS) is 20.8. The van der Waals surface area contributed by atoms with Gasteiger partial charge in [0.2, 0.25) is 0 Å². The van der Waals surface area contributed by atoms with Crippen molar-refractivity contribution in [1.29, 1.82) is 0 Å². The number of carbonyl (C=O) groups is 1. The van der Waals surface area contributed by atoms with E-state index in [0.717, 1.165) is 18.4 Å². The first kappa shape index (κ1) is 19.2. The molecule has 1 unspecified atom stereocenters. The average molecular weight is 421 g/mol. The lowest BCUT2D eigenvalue weighted by Gasteiger charge is -2.28. The van der Waals surface area contributed by atoms with Crippen LogP contribution < -0.4 is 5.56 Å². The molecule has 0 N–H and O–H groups in total. The molecule has 6 nitrogen and oxygen atoms in total. The minimum absolute atomic E-state index is 0.0223. The van der Waals surface area contributed by atoms with Crippen molar-refractivity contribution >= 4 is 27.3 Å². The van der Waals surface area contributed by atoms with E-state index >= 15 is 0 Å². The van der Waals surface area contributed by atoms with Crippen molar-refractivity contribution in [3.63, 3.8) is 0 Å². The molecule has 1 atom stereocenters. The largest absolute Gasteiger partial charge is 0.332 e. The van der Waals surface area contributed by atoms with Crippen molar-refractivity contribution in [2.45, 2.75) is 37.9 Å². The summed E-state index contributed by atoms with van der Waals surface area (Å²) >= 11 is 6.19. The maximum atomic E-state index is 13.2. The number of rotatable bonds is 5. The van der Waals surface area contributed by atoms with Crippen molar-refractivity contribution in [2.24, 2.45) is 0 Å². The summed E-state index contributed by atoms with van der Waals surface area (Å²) in [4.78, 5) is 27.2. The Balaban J connectivity index is 1.62. The molecule has 4 rings (SSSR count). The van der Waals surface area contributed by atoms with Crippen LogP contribution in [0.2, 0.25) is 5.02 Å². The number of hydrogen-bond donors (Lipinski definition) is 0. The highest BCUT2D eigenvalue weighted by Gasteiger charge is 2.42. The summed E-state index contributed by atoms with van der Waals surface area (Å²) in [6, 6.07) is 9.96. The number of sulfone groups is 1. The monoisotopic (exact) mass is 420 g/mol. The molecule has 2 heterocycles. The number of pyridine rings is 1. The Labute approximate surface area is 168 Å². The fraction of sp³-hybridized carbons (Fsp3) is 0.400. The Kier molecular flexibility index (Phi) is 5.05. The van der Waals surface area contributed by atoms with Crippen LogP contribution in [-0.4, -0.2) is 47.4 Å². The van der Waals surface area contributed by atoms with Gasteiger partial charge in [0.25, 0.3) is 11.5 Å². The lowest BCUT2D eigenvalue weighted by Crippen LogP contribution is -2.43. The van der Waals surface area contributed by atoms with E-state index in [0.29, 0.717) is 17.0 Å². The predicted molar refractivity (Wildman–Crippen MR) is 108 cm³/mol. The van der Waals surface area contributed by atoms with E-state index in [1.807, 2.05) is 18.2 Å². The highest BCUT2D eigenvalue weighted by atomic mass is 35.5. The molecule has 0 bridgehead atoms. The Morgan fingerprint density at radius 3 is 2.50 bits per heavy atom. The van der Waals surface area contributed by atoms with Crippen LogP contribution in [0, 0.1) is 0 Å². The van der Waals surface area contributed by atoms with Crippen LogP contribution in [-0.2, 0) is 16.4 Å². The predicted octanol–water partition coefficient (Wildman–Crippen LogP) is 2.34. The van der Waals surface area contributed by atoms with Crippen molar-refractivity contribution in [1.82, 2.24) is 9.47 Å². The van der Waals surface area contributed by atoms with Gasteiger partial charge in [-0.3, -0.25) is 9.59 Å². The van der Waals surface area contributed by atoms with E-state index in [9.17, 15) is 18.0 Å². The zero-order chi connectivity index (χ0) is 19.9. The van der Waals surface area contributed by atoms with Crippen molar-refractivity contribution < 1.29 is 13.2 Å². The second-order valence-corrected chi connectivity index (χ2v) is 10.1. The van der Waals surface area contributed by atoms with Crippen LogP contribution in [0.15, 0.2) is 47.4 Å². The van der Waals surface area contributed by atoms with Gasteiger partial charge in [0.15, 0.2) is 9.84 Å². The van der Waals surface area contributed by atoms with Gasteiger partial charge >= 0.3 is 0 Å². The minimum Gasteiger partial charge on any atom is -0.332 e. The summed E-state index contributed by atoms with van der Waals surface area (Å²) < 4.78 is 25.2. The van der Waals surface area contributed by atoms with Crippen LogP contribution in [0.25, 0.3) is 0 Å². The van der Waals surface area contributed by atoms with E-state index in [1.54, 1.807) is 17.2 Å². The highest BCUT2D eigenvalue weighted by Crippen LogP contribution is 2.33. The molecule has 28 heavy (non-hydrogen) atoms. The van der Waals surface area contributed by atoms with Gasteiger partial charge in [-0.2, -0.15) is 0 Å². The number of amides is 1. The first-order valence-electron chi connectivity index (χ1n) is 9.31. The number of aromatic nitrogens is 1. The molecule has 1 saturated heterocycles. The number of halogens is 1. The highest BCUT2D eigenvalue weighted by molar-refractivity contribution is 7.91. The quantitative estimate of drug-likeness (QED) is 0.743. The summed E-state index contributed by atoms with van der Waals surface area (Å²) in [5, 5.41) is 0.557. The molecule has 8 heteroatoms. The van der Waals surface area contributed by atoms with Gasteiger partial charge in [-0.1, -0.05) is 29.8 Å². The standard InChI is InChI=1S/C20H21ClN2O4S/c21-18-4-2-1-3-14(18)11-22-12-15(5-8-19(22)24)20(25)23(16-6-7-16)17-9-10-28(26,27)13-17/h1-5,8,12,16-17H,6-7,9-11,13H2. The van der Waals surface area contributed by atoms with Crippen LogP contribution in [0.1, 0.15) is 35.2 Å². The van der Waals surface area contributed by atoms with Gasteiger partial charge < -0.3 is 9.47 Å². The topological polar surface area (TPSA) is 76.5 Å². The molecule has 1 saturated carbocycles. The first-order chi connectivity index (χ1) is 13.3. The van der Waals surface area contributed by atoms with Crippen molar-refractivity contribution in [3.05, 3.63) is 69.1 Å². The number of hydrogen-bond acceptors (Lipinski definition) is 4. The molecule has 0 spiro atoms. The number of benzene rings is 1. The molecule has 2 aliphatic rings. The Morgan fingerprint density at radius 1 is 1.11 bits per heavy atom. The lowest BCUT2D eigenvalue weighted by molar-refractivity contribution is 0.0680. The van der Waals surface area contributed by atoms with Crippen LogP contribution in [0.5, 0.6) is 0 Å². The van der Waals surface area contributed by atoms with E-state index < -0.39 is 9.84 Å². The maximum absolute atomic E-state index is 13.2. The third-order valence-electron chi connectivity index (χ3n) is 5.31. The Morgan fingerprint density at radius 2 is 1.86 bits per heavy atom. The molecule has 1 aromatic heterocycles. The Bertz CT molecular complexity index is 1080. The smallest absolute Gasteiger partial charge is 0.255 e. The summed E-state index contributed by atoms with van der Waals surface area (Å²) in [6.45, 7) is 0.265. The second kappa shape index (κ2) is 7.37. The fourth-order valence-corrected chi connectivity index (χ4v) is 5.62. The van der Waals surface area contributed by atoms with Gasteiger partial charge in [0.1, 0.15) is 0 Å². The van der Waals surface area contributed by atoms with Crippen LogP contribution >= 0.6 is 11.6 Å². The van der Waals surface area contributed by atoms with E-state index in [2.05, 4.69) is 0 Å². The first-order valence-corrected chi connectivity index (χ1v) is 11.5. The SMILES string of the molecule is O=C(c1ccc(=O)n(Cc2ccccc2Cl)c1)N(C1CC1)C1CCS(=O)(=O)C1. The van der Waals surface area contributed by atoms with Gasteiger partial charge in [-0.25, -0.2) is 8.42 Å². The molecule has 1 aromatic carbocycles. The third kappa shape index (κ3) is 4.00. The van der Waals surface area contributed by atoms with Crippen molar-refractivity contribution in [3.8, 4) is 0 Å². The number of carbonyl (C=O) groups excluding carboxylic acids is 1. The molecule has 1 amide bonds. The molecular weight excluding hydrogens is 400 g/mol. The summed E-state index contributed by atoms with van der Waals surface area (Å²) in [5.74, 6) is -0.0631. The van der Waals surface area contributed by atoms with Crippen LogP contribution in [0.4, 0.5) is 0 Å². The molecule has 2 fully saturated rings. The maximum Gasteiger partial charge on any atom is 0.255 e. The third-order valence-corrected chi connectivity index (χ3v) is 7.42. The average Bonchev–Trinajstić information content (AvgIpc) is 3.42. The zero-order valence-electron chi connectivity index (χ0n) is 15.3. The van der Waals surface area contributed by atoms with Gasteiger partial charge in [-0.15, -0.1) is 0 Å². The van der Waals surface area contributed by atoms with E-state index in [-0.39, 0.29) is 41.6 Å². The zero-order valence-corrected chi connectivity index (χ0v) is 16.8. The van der Waals surface area contributed by atoms with E-state index in [1.165, 1.54) is 16.7 Å². The summed E-state index contributed by atoms with van der Waals surface area (Å²) in [6.07, 6.45) is 3.81. The summed E-state index contributed by atoms with van der Waals surface area (Å²) in [5.41, 5.74) is 0.956. The van der Waals surface area contributed by atoms with E-state index in [4.69, 9.17) is 11.6 Å². The molecule has 1 aliphatic carbocycles. The van der Waals surface area contributed by atoms with Gasteiger partial charge in [0, 0.05) is 29.4 Å². The van der Waals surface area contributed by atoms with Gasteiger partial charge in [-0.05, 0) is 37.0 Å².